The summed E-state index contributed by atoms with van der Waals surface area (Å²) < 4.78 is 6.94. The Labute approximate surface area is 169 Å². The van der Waals surface area contributed by atoms with Gasteiger partial charge in [0, 0.05) is 23.8 Å². The Morgan fingerprint density at radius 1 is 1.14 bits per heavy atom. The Hall–Kier alpha value is -2.73. The molecule has 1 atom stereocenters. The number of esters is 1. The number of amides is 1. The van der Waals surface area contributed by atoms with Crippen LogP contribution in [-0.2, 0) is 16.1 Å². The Morgan fingerprint density at radius 2 is 1.93 bits per heavy atom. The third-order valence-electron chi connectivity index (χ3n) is 4.63. The minimum absolute atomic E-state index is 0.272. The van der Waals surface area contributed by atoms with Crippen molar-refractivity contribution in [2.45, 2.75) is 19.0 Å². The van der Waals surface area contributed by atoms with E-state index < -0.39 is 12.0 Å². The zero-order valence-electron chi connectivity index (χ0n) is 16.1. The number of carbonyl (C=O) groups is 2. The van der Waals surface area contributed by atoms with E-state index in [0.29, 0.717) is 12.0 Å². The van der Waals surface area contributed by atoms with Crippen molar-refractivity contribution in [1.29, 1.82) is 0 Å². The maximum atomic E-state index is 12.7. The van der Waals surface area contributed by atoms with Crippen molar-refractivity contribution >= 4 is 34.5 Å². The molecule has 1 heterocycles. The molecular weight excluding hydrogens is 372 g/mol. The van der Waals surface area contributed by atoms with Crippen molar-refractivity contribution in [3.8, 4) is 0 Å². The molecule has 1 N–H and O–H groups in total. The monoisotopic (exact) mass is 396 g/mol. The fourth-order valence-electron chi connectivity index (χ4n) is 3.11. The number of hydrogen-bond acceptors (Lipinski definition) is 4. The molecule has 6 heteroatoms. The molecular formula is C22H24N2O3S. The van der Waals surface area contributed by atoms with Gasteiger partial charge in [0.2, 0.25) is 0 Å². The van der Waals surface area contributed by atoms with Gasteiger partial charge in [-0.15, -0.1) is 0 Å². The Bertz CT molecular complexity index is 953. The zero-order chi connectivity index (χ0) is 19.9. The van der Waals surface area contributed by atoms with E-state index in [-0.39, 0.29) is 5.91 Å². The quantitative estimate of drug-likeness (QED) is 0.590. The summed E-state index contributed by atoms with van der Waals surface area (Å²) in [6.45, 7) is 0.730. The van der Waals surface area contributed by atoms with Gasteiger partial charge >= 0.3 is 5.97 Å². The lowest BCUT2D eigenvalue weighted by Gasteiger charge is -2.16. The van der Waals surface area contributed by atoms with E-state index in [9.17, 15) is 9.59 Å². The van der Waals surface area contributed by atoms with E-state index in [2.05, 4.69) is 22.0 Å². The molecule has 0 saturated heterocycles. The van der Waals surface area contributed by atoms with Crippen LogP contribution in [0.2, 0.25) is 0 Å². The van der Waals surface area contributed by atoms with Crippen LogP contribution in [0.5, 0.6) is 0 Å². The highest BCUT2D eigenvalue weighted by atomic mass is 32.2. The van der Waals surface area contributed by atoms with Crippen LogP contribution in [-0.4, -0.2) is 41.6 Å². The van der Waals surface area contributed by atoms with Gasteiger partial charge in [-0.05, 0) is 47.6 Å². The summed E-state index contributed by atoms with van der Waals surface area (Å²) in [6, 6.07) is 17.2. The van der Waals surface area contributed by atoms with Gasteiger partial charge in [-0.25, -0.2) is 4.79 Å². The third-order valence-corrected chi connectivity index (χ3v) is 5.28. The molecule has 0 aliphatic carbocycles. The van der Waals surface area contributed by atoms with E-state index in [1.807, 2.05) is 48.9 Å². The van der Waals surface area contributed by atoms with Crippen LogP contribution in [0.1, 0.15) is 22.3 Å². The van der Waals surface area contributed by atoms with E-state index >= 15 is 0 Å². The summed E-state index contributed by atoms with van der Waals surface area (Å²) in [5.41, 5.74) is 2.70. The lowest BCUT2D eigenvalue weighted by molar-refractivity contribution is -0.142. The van der Waals surface area contributed by atoms with E-state index in [1.165, 1.54) is 12.7 Å². The van der Waals surface area contributed by atoms with Crippen LogP contribution in [0.25, 0.3) is 10.9 Å². The normalized spacial score (nSPS) is 11.9. The number of aromatic nitrogens is 1. The summed E-state index contributed by atoms with van der Waals surface area (Å²) in [5, 5.41) is 3.88. The fourth-order valence-corrected chi connectivity index (χ4v) is 3.58. The van der Waals surface area contributed by atoms with Gasteiger partial charge in [-0.1, -0.05) is 36.4 Å². The van der Waals surface area contributed by atoms with Gasteiger partial charge in [0.15, 0.2) is 0 Å². The van der Waals surface area contributed by atoms with Crippen molar-refractivity contribution < 1.29 is 14.3 Å². The van der Waals surface area contributed by atoms with E-state index in [4.69, 9.17) is 4.74 Å². The number of nitrogens with one attached hydrogen (secondary N) is 1. The minimum Gasteiger partial charge on any atom is -0.467 e. The molecule has 3 rings (SSSR count). The molecule has 146 valence electrons. The number of rotatable bonds is 8. The number of fused-ring (bicyclic) bond motifs is 1. The Balaban J connectivity index is 1.81. The fraction of sp³-hybridized carbons (Fsp3) is 0.273. The first-order valence-electron chi connectivity index (χ1n) is 9.13. The zero-order valence-corrected chi connectivity index (χ0v) is 16.9. The van der Waals surface area contributed by atoms with Crippen molar-refractivity contribution in [3.05, 3.63) is 71.9 Å². The molecule has 1 amide bonds. The summed E-state index contributed by atoms with van der Waals surface area (Å²) >= 11 is 1.62. The van der Waals surface area contributed by atoms with Crippen molar-refractivity contribution in [3.63, 3.8) is 0 Å². The van der Waals surface area contributed by atoms with Gasteiger partial charge in [-0.2, -0.15) is 11.8 Å². The first kappa shape index (κ1) is 20.0. The highest BCUT2D eigenvalue weighted by Crippen LogP contribution is 2.19. The number of ether oxygens (including phenoxy) is 1. The standard InChI is InChI=1S/C22H24N2O3S/c1-27-22(26)19(11-13-28-2)23-21(25)18-9-8-17-10-12-24(20(17)14-18)15-16-6-4-3-5-7-16/h3-10,12,14,19H,11,13,15H2,1-2H3,(H,23,25)/t19-/m0/s1. The summed E-state index contributed by atoms with van der Waals surface area (Å²) in [6.07, 6.45) is 4.52. The van der Waals surface area contributed by atoms with Crippen LogP contribution in [0, 0.1) is 0 Å². The summed E-state index contributed by atoms with van der Waals surface area (Å²) in [5.74, 6) is 0.0701. The molecule has 0 unspecified atom stereocenters. The highest BCUT2D eigenvalue weighted by molar-refractivity contribution is 7.98. The minimum atomic E-state index is -0.642. The largest absolute Gasteiger partial charge is 0.467 e. The molecule has 0 bridgehead atoms. The van der Waals surface area contributed by atoms with Crippen LogP contribution < -0.4 is 5.32 Å². The molecule has 3 aromatic rings. The van der Waals surface area contributed by atoms with E-state index in [1.54, 1.807) is 17.8 Å². The SMILES string of the molecule is COC(=O)[C@H](CCSC)NC(=O)c1ccc2ccn(Cc3ccccc3)c2c1. The first-order chi connectivity index (χ1) is 13.6. The summed E-state index contributed by atoms with van der Waals surface area (Å²) in [4.78, 5) is 24.7. The molecule has 2 aromatic carbocycles. The second-order valence-corrected chi connectivity index (χ2v) is 7.52. The summed E-state index contributed by atoms with van der Waals surface area (Å²) in [7, 11) is 1.34. The van der Waals surface area contributed by atoms with Gasteiger partial charge < -0.3 is 14.6 Å². The predicted octanol–water partition coefficient (Wildman–Crippen LogP) is 3.71. The lowest BCUT2D eigenvalue weighted by atomic mass is 10.1. The van der Waals surface area contributed by atoms with Gasteiger partial charge in [0.25, 0.3) is 5.91 Å². The predicted molar refractivity (Wildman–Crippen MR) is 114 cm³/mol. The number of nitrogens with zero attached hydrogens (tertiary/aromatic N) is 1. The second kappa shape index (κ2) is 9.46. The van der Waals surface area contributed by atoms with Crippen LogP contribution in [0.3, 0.4) is 0 Å². The Morgan fingerprint density at radius 3 is 2.64 bits per heavy atom. The number of methoxy groups -OCH3 is 1. The molecule has 0 aliphatic rings. The van der Waals surface area contributed by atoms with Gasteiger partial charge in [0.1, 0.15) is 6.04 Å². The lowest BCUT2D eigenvalue weighted by Crippen LogP contribution is -2.41. The van der Waals surface area contributed by atoms with Crippen LogP contribution in [0.4, 0.5) is 0 Å². The average Bonchev–Trinajstić information content (AvgIpc) is 3.13. The molecule has 5 nitrogen and oxygen atoms in total. The molecule has 0 aliphatic heterocycles. The van der Waals surface area contributed by atoms with Gasteiger partial charge in [0.05, 0.1) is 7.11 Å². The first-order valence-corrected chi connectivity index (χ1v) is 10.5. The molecule has 0 radical (unpaired) electrons. The van der Waals surface area contributed by atoms with Crippen molar-refractivity contribution in [1.82, 2.24) is 9.88 Å². The number of thioether (sulfide) groups is 1. The maximum Gasteiger partial charge on any atom is 0.328 e. The highest BCUT2D eigenvalue weighted by Gasteiger charge is 2.22. The van der Waals surface area contributed by atoms with E-state index in [0.717, 1.165) is 23.2 Å². The van der Waals surface area contributed by atoms with Gasteiger partial charge in [-0.3, -0.25) is 4.79 Å². The molecule has 0 fully saturated rings. The van der Waals surface area contributed by atoms with Crippen LogP contribution in [0.15, 0.2) is 60.8 Å². The second-order valence-electron chi connectivity index (χ2n) is 6.53. The number of carbonyl (C=O) groups excluding carboxylic acids is 2. The Kier molecular flexibility index (Phi) is 6.76. The average molecular weight is 397 g/mol. The van der Waals surface area contributed by atoms with Crippen molar-refractivity contribution in [2.75, 3.05) is 19.1 Å². The number of benzene rings is 2. The molecule has 1 aromatic heterocycles. The molecule has 0 spiro atoms. The van der Waals surface area contributed by atoms with Crippen molar-refractivity contribution in [2.24, 2.45) is 0 Å². The topological polar surface area (TPSA) is 60.3 Å². The molecule has 28 heavy (non-hydrogen) atoms. The smallest absolute Gasteiger partial charge is 0.328 e. The maximum absolute atomic E-state index is 12.7. The molecule has 0 saturated carbocycles. The van der Waals surface area contributed by atoms with Crippen LogP contribution >= 0.6 is 11.8 Å². The third kappa shape index (κ3) is 4.75. The number of hydrogen-bond donors (Lipinski definition) is 1.